The van der Waals surface area contributed by atoms with Gasteiger partial charge in [0, 0.05) is 44.4 Å². The van der Waals surface area contributed by atoms with Crippen LogP contribution >= 0.6 is 0 Å². The Labute approximate surface area is 237 Å². The minimum Gasteiger partial charge on any atom is -0.508 e. The van der Waals surface area contributed by atoms with Gasteiger partial charge in [0.05, 0.1) is 17.2 Å². The number of amides is 2. The number of primary amides is 1. The molecular weight excluding hydrogens is 532 g/mol. The lowest BCUT2D eigenvalue weighted by Crippen LogP contribution is -2.65. The van der Waals surface area contributed by atoms with Gasteiger partial charge in [-0.25, -0.2) is 0 Å². The highest BCUT2D eigenvalue weighted by Gasteiger charge is 2.64. The van der Waals surface area contributed by atoms with Crippen molar-refractivity contribution in [3.05, 3.63) is 39.7 Å². The van der Waals surface area contributed by atoms with E-state index in [4.69, 9.17) is 5.73 Å². The highest BCUT2D eigenvalue weighted by Crippen LogP contribution is 2.54. The lowest BCUT2D eigenvalue weighted by atomic mass is 9.57. The quantitative estimate of drug-likeness (QED) is 0.323. The number of aliphatic hydroxyl groups excluding tert-OH is 2. The smallest absolute Gasteiger partial charge is 0.257 e. The SMILES string of the molecule is CN(C)c1cc(C(=O)N2CCCCC2)c(O)c2c1C[C@H]1C[C@H]3[C@H](N(C)C)C(=O)C(C(N)=O)=C(O)[C@@]3(O)C(=O)C1=C2O. The molecule has 220 valence electrons. The van der Waals surface area contributed by atoms with E-state index in [-0.39, 0.29) is 29.5 Å². The molecule has 0 aromatic heterocycles. The van der Waals surface area contributed by atoms with Crippen LogP contribution in [0.1, 0.15) is 47.2 Å². The van der Waals surface area contributed by atoms with Gasteiger partial charge in [0.25, 0.3) is 11.8 Å². The number of fused-ring (bicyclic) bond motifs is 3. The van der Waals surface area contributed by atoms with Gasteiger partial charge >= 0.3 is 0 Å². The van der Waals surface area contributed by atoms with Crippen molar-refractivity contribution in [2.75, 3.05) is 46.2 Å². The summed E-state index contributed by atoms with van der Waals surface area (Å²) in [4.78, 5) is 57.8. The number of nitrogens with two attached hydrogens (primary N) is 1. The number of hydrogen-bond donors (Lipinski definition) is 5. The van der Waals surface area contributed by atoms with Gasteiger partial charge in [-0.05, 0) is 63.7 Å². The van der Waals surface area contributed by atoms with E-state index in [1.165, 1.54) is 4.90 Å². The molecule has 5 rings (SSSR count). The van der Waals surface area contributed by atoms with E-state index in [1.54, 1.807) is 44.1 Å². The van der Waals surface area contributed by atoms with Crippen molar-refractivity contribution < 1.29 is 39.6 Å². The molecule has 6 N–H and O–H groups in total. The molecule has 2 fully saturated rings. The Morgan fingerprint density at radius 3 is 2.24 bits per heavy atom. The number of anilines is 1. The van der Waals surface area contributed by atoms with Gasteiger partial charge in [0.1, 0.15) is 22.8 Å². The summed E-state index contributed by atoms with van der Waals surface area (Å²) in [5, 5.41) is 45.8. The number of phenols is 1. The Hall–Kier alpha value is -3.90. The molecule has 1 heterocycles. The summed E-state index contributed by atoms with van der Waals surface area (Å²) >= 11 is 0. The molecule has 4 aliphatic rings. The summed E-state index contributed by atoms with van der Waals surface area (Å²) in [5.41, 5.74) is 2.52. The number of Topliss-reactive ketones (excluding diaryl/α,β-unsaturated/α-hetero) is 2. The second-order valence-electron chi connectivity index (χ2n) is 11.9. The Morgan fingerprint density at radius 1 is 1.05 bits per heavy atom. The van der Waals surface area contributed by atoms with Crippen molar-refractivity contribution >= 4 is 34.8 Å². The van der Waals surface area contributed by atoms with Gasteiger partial charge in [-0.3, -0.25) is 24.1 Å². The summed E-state index contributed by atoms with van der Waals surface area (Å²) < 4.78 is 0. The van der Waals surface area contributed by atoms with Crippen molar-refractivity contribution in [2.45, 2.75) is 43.7 Å². The molecule has 2 amide bonds. The summed E-state index contributed by atoms with van der Waals surface area (Å²) in [5.74, 6) is -7.66. The van der Waals surface area contributed by atoms with E-state index >= 15 is 0 Å². The van der Waals surface area contributed by atoms with Gasteiger partial charge in [-0.2, -0.15) is 0 Å². The summed E-state index contributed by atoms with van der Waals surface area (Å²) in [7, 11) is 6.63. The monoisotopic (exact) mass is 568 g/mol. The molecule has 0 unspecified atom stereocenters. The third kappa shape index (κ3) is 4.03. The molecule has 3 aliphatic carbocycles. The van der Waals surface area contributed by atoms with Gasteiger partial charge < -0.3 is 36.0 Å². The van der Waals surface area contributed by atoms with Crippen molar-refractivity contribution in [3.8, 4) is 5.75 Å². The minimum atomic E-state index is -2.72. The number of likely N-dealkylation sites (N-methyl/N-ethyl adjacent to an activating group) is 1. The second-order valence-corrected chi connectivity index (χ2v) is 11.9. The lowest BCUT2D eigenvalue weighted by molar-refractivity contribution is -0.153. The predicted molar refractivity (Wildman–Crippen MR) is 148 cm³/mol. The zero-order valence-electron chi connectivity index (χ0n) is 23.6. The number of piperidine rings is 1. The first-order valence-corrected chi connectivity index (χ1v) is 13.7. The molecule has 4 atom stereocenters. The fourth-order valence-electron chi connectivity index (χ4n) is 7.12. The largest absolute Gasteiger partial charge is 0.508 e. The van der Waals surface area contributed by atoms with Gasteiger partial charge in [0.2, 0.25) is 5.78 Å². The summed E-state index contributed by atoms with van der Waals surface area (Å²) in [6.07, 6.45) is 2.82. The standard InChI is InChI=1S/C29H36N4O8/c1-31(2)17-12-15(28(40)33-8-6-5-7-9-33)22(34)19-14(17)10-13-11-16-21(32(3)4)24(36)20(27(30)39)26(38)29(16,41)25(37)18(13)23(19)35/h12-13,16,21,34-35,38,41H,5-11H2,1-4H3,(H2,30,39)/t13-,16-,21-,29-/m0/s1. The lowest BCUT2D eigenvalue weighted by Gasteiger charge is -2.50. The predicted octanol–water partition coefficient (Wildman–Crippen LogP) is 0.656. The van der Waals surface area contributed by atoms with Crippen LogP contribution in [0.3, 0.4) is 0 Å². The minimum absolute atomic E-state index is 0.00610. The maximum absolute atomic E-state index is 14.1. The van der Waals surface area contributed by atoms with Crippen LogP contribution in [0.4, 0.5) is 5.69 Å². The molecule has 0 bridgehead atoms. The van der Waals surface area contributed by atoms with Crippen molar-refractivity contribution in [2.24, 2.45) is 17.6 Å². The molecule has 12 nitrogen and oxygen atoms in total. The van der Waals surface area contributed by atoms with Crippen LogP contribution in [0.25, 0.3) is 5.76 Å². The van der Waals surface area contributed by atoms with Crippen molar-refractivity contribution in [1.82, 2.24) is 9.80 Å². The van der Waals surface area contributed by atoms with Gasteiger partial charge in [-0.1, -0.05) is 0 Å². The number of carbonyl (C=O) groups excluding carboxylic acids is 4. The van der Waals surface area contributed by atoms with E-state index in [0.29, 0.717) is 24.3 Å². The second kappa shape index (κ2) is 9.88. The van der Waals surface area contributed by atoms with Crippen LogP contribution in [-0.2, 0) is 20.8 Å². The summed E-state index contributed by atoms with van der Waals surface area (Å²) in [6.45, 7) is 1.07. The van der Waals surface area contributed by atoms with E-state index in [9.17, 15) is 39.6 Å². The normalized spacial score (nSPS) is 28.0. The number of rotatable bonds is 4. The number of nitrogens with zero attached hydrogens (tertiary/aromatic N) is 3. The number of phenolic OH excluding ortho intramolecular Hbond substituents is 1. The van der Waals surface area contributed by atoms with Crippen molar-refractivity contribution in [3.63, 3.8) is 0 Å². The van der Waals surface area contributed by atoms with Crippen LogP contribution < -0.4 is 10.6 Å². The third-order valence-electron chi connectivity index (χ3n) is 9.05. The Kier molecular flexibility index (Phi) is 6.90. The van der Waals surface area contributed by atoms with Crippen molar-refractivity contribution in [1.29, 1.82) is 0 Å². The maximum atomic E-state index is 14.1. The molecule has 1 saturated heterocycles. The number of aliphatic hydroxyl groups is 3. The number of likely N-dealkylation sites (tertiary alicyclic amines) is 1. The topological polar surface area (TPSA) is 185 Å². The van der Waals surface area contributed by atoms with Gasteiger partial charge in [-0.15, -0.1) is 0 Å². The fraction of sp³-hybridized carbons (Fsp3) is 0.517. The van der Waals surface area contributed by atoms with E-state index < -0.39 is 69.7 Å². The van der Waals surface area contributed by atoms with E-state index in [2.05, 4.69) is 0 Å². The highest BCUT2D eigenvalue weighted by atomic mass is 16.3. The van der Waals surface area contributed by atoms with Gasteiger partial charge in [0.15, 0.2) is 11.4 Å². The molecule has 1 saturated carbocycles. The molecule has 1 aromatic rings. The Morgan fingerprint density at radius 2 is 1.68 bits per heavy atom. The van der Waals surface area contributed by atoms with Crippen LogP contribution in [0, 0.1) is 11.8 Å². The van der Waals surface area contributed by atoms with Crippen LogP contribution in [0.15, 0.2) is 23.0 Å². The molecule has 41 heavy (non-hydrogen) atoms. The molecule has 0 spiro atoms. The number of carbonyl (C=O) groups is 4. The first-order valence-electron chi connectivity index (χ1n) is 13.7. The average Bonchev–Trinajstić information content (AvgIpc) is 2.90. The fourth-order valence-corrected chi connectivity index (χ4v) is 7.12. The third-order valence-corrected chi connectivity index (χ3v) is 9.05. The molecule has 1 aliphatic heterocycles. The highest BCUT2D eigenvalue weighted by molar-refractivity contribution is 6.24. The zero-order valence-corrected chi connectivity index (χ0v) is 23.6. The maximum Gasteiger partial charge on any atom is 0.257 e. The van der Waals surface area contributed by atoms with E-state index in [0.717, 1.165) is 19.3 Å². The summed E-state index contributed by atoms with van der Waals surface area (Å²) in [6, 6.07) is 0.434. The molecule has 0 radical (unpaired) electrons. The number of benzene rings is 1. The number of aromatic hydroxyl groups is 1. The zero-order chi connectivity index (χ0) is 30.1. The number of ketones is 2. The Balaban J connectivity index is 1.72. The molecular formula is C29H36N4O8. The Bertz CT molecular complexity index is 1440. The molecule has 12 heteroatoms. The molecule has 1 aromatic carbocycles. The van der Waals surface area contributed by atoms with Crippen LogP contribution in [0.2, 0.25) is 0 Å². The average molecular weight is 569 g/mol. The van der Waals surface area contributed by atoms with E-state index in [1.807, 2.05) is 0 Å². The number of hydrogen-bond acceptors (Lipinski definition) is 10. The van der Waals surface area contributed by atoms with Crippen LogP contribution in [-0.4, -0.2) is 107 Å². The first kappa shape index (κ1) is 28.6. The van der Waals surface area contributed by atoms with Crippen LogP contribution in [0.5, 0.6) is 5.75 Å². The first-order chi connectivity index (χ1) is 19.2.